The van der Waals surface area contributed by atoms with Crippen molar-refractivity contribution in [3.05, 3.63) is 53.5 Å². The minimum absolute atomic E-state index is 0.0714. The third-order valence-electron chi connectivity index (χ3n) is 4.69. The summed E-state index contributed by atoms with van der Waals surface area (Å²) in [6.07, 6.45) is 5.43. The lowest BCUT2D eigenvalue weighted by Gasteiger charge is -2.34. The van der Waals surface area contributed by atoms with Gasteiger partial charge in [-0.2, -0.15) is 0 Å². The number of aromatic nitrogens is 2. The van der Waals surface area contributed by atoms with Crippen LogP contribution in [-0.2, 0) is 13.0 Å². The zero-order valence-corrected chi connectivity index (χ0v) is 15.6. The molecule has 0 aromatic carbocycles. The lowest BCUT2D eigenvalue weighted by Crippen LogP contribution is -2.45. The van der Waals surface area contributed by atoms with E-state index >= 15 is 0 Å². The first-order valence-electron chi connectivity index (χ1n) is 9.28. The first-order valence-corrected chi connectivity index (χ1v) is 9.28. The molecular formula is C20H27N5O. The Bertz CT molecular complexity index is 740. The molecule has 3 rings (SSSR count). The van der Waals surface area contributed by atoms with Gasteiger partial charge in [0, 0.05) is 61.9 Å². The summed E-state index contributed by atoms with van der Waals surface area (Å²) in [5, 5.41) is 3.03. The fraction of sp³-hybridized carbons (Fsp3) is 0.450. The number of amides is 1. The highest BCUT2D eigenvalue weighted by molar-refractivity contribution is 5.94. The quantitative estimate of drug-likeness (QED) is 0.862. The molecule has 6 nitrogen and oxygen atoms in total. The topological polar surface area (TPSA) is 61.4 Å². The first-order chi connectivity index (χ1) is 12.7. The van der Waals surface area contributed by atoms with Crippen molar-refractivity contribution >= 4 is 11.7 Å². The molecule has 2 aromatic rings. The van der Waals surface area contributed by atoms with Gasteiger partial charge >= 0.3 is 0 Å². The zero-order chi connectivity index (χ0) is 18.4. The Morgan fingerprint density at radius 2 is 1.96 bits per heavy atom. The molecule has 0 saturated carbocycles. The molecule has 0 bridgehead atoms. The van der Waals surface area contributed by atoms with Crippen LogP contribution in [0.4, 0.5) is 5.82 Å². The number of carbonyl (C=O) groups is 1. The standard InChI is InChI=1S/C20H27N5O/c1-3-5-18-14-16(7-9-21-18)20(26)23-15-17-6-4-8-22-19(17)25-12-10-24(2)11-13-25/h4,6-9,14H,3,5,10-13,15H2,1-2H3,(H,23,26). The van der Waals surface area contributed by atoms with Crippen LogP contribution in [0.25, 0.3) is 0 Å². The van der Waals surface area contributed by atoms with E-state index in [1.165, 1.54) is 0 Å². The fourth-order valence-electron chi connectivity index (χ4n) is 3.16. The van der Waals surface area contributed by atoms with Gasteiger partial charge in [0.1, 0.15) is 5.82 Å². The molecule has 1 N–H and O–H groups in total. The SMILES string of the molecule is CCCc1cc(C(=O)NCc2cccnc2N2CCN(C)CC2)ccn1. The van der Waals surface area contributed by atoms with Crippen molar-refractivity contribution in [2.45, 2.75) is 26.3 Å². The maximum absolute atomic E-state index is 12.5. The molecule has 0 radical (unpaired) electrons. The van der Waals surface area contributed by atoms with Crippen LogP contribution in [0.15, 0.2) is 36.7 Å². The molecule has 3 heterocycles. The number of aryl methyl sites for hydroxylation is 1. The third kappa shape index (κ3) is 4.58. The Balaban J connectivity index is 1.66. The van der Waals surface area contributed by atoms with Crippen LogP contribution in [-0.4, -0.2) is 54.0 Å². The average Bonchev–Trinajstić information content (AvgIpc) is 2.67. The summed E-state index contributed by atoms with van der Waals surface area (Å²) >= 11 is 0. The van der Waals surface area contributed by atoms with Gasteiger partial charge in [-0.15, -0.1) is 0 Å². The van der Waals surface area contributed by atoms with Gasteiger partial charge in [-0.1, -0.05) is 19.4 Å². The molecule has 26 heavy (non-hydrogen) atoms. The highest BCUT2D eigenvalue weighted by Crippen LogP contribution is 2.18. The van der Waals surface area contributed by atoms with Crippen molar-refractivity contribution < 1.29 is 4.79 Å². The van der Waals surface area contributed by atoms with Crippen LogP contribution in [0.1, 0.15) is 35.0 Å². The molecular weight excluding hydrogens is 326 g/mol. The van der Waals surface area contributed by atoms with E-state index < -0.39 is 0 Å². The molecule has 1 fully saturated rings. The molecule has 1 amide bonds. The Hall–Kier alpha value is -2.47. The predicted octanol–water partition coefficient (Wildman–Crippen LogP) is 2.11. The fourth-order valence-corrected chi connectivity index (χ4v) is 3.16. The monoisotopic (exact) mass is 353 g/mol. The molecule has 1 aliphatic rings. The van der Waals surface area contributed by atoms with Crippen LogP contribution in [0, 0.1) is 0 Å². The smallest absolute Gasteiger partial charge is 0.251 e. The molecule has 6 heteroatoms. The maximum atomic E-state index is 12.5. The lowest BCUT2D eigenvalue weighted by molar-refractivity contribution is 0.0950. The predicted molar refractivity (Wildman–Crippen MR) is 103 cm³/mol. The van der Waals surface area contributed by atoms with E-state index in [2.05, 4.69) is 39.1 Å². The van der Waals surface area contributed by atoms with Crippen LogP contribution < -0.4 is 10.2 Å². The molecule has 0 aliphatic carbocycles. The number of nitrogens with one attached hydrogen (secondary N) is 1. The Morgan fingerprint density at radius 1 is 1.15 bits per heavy atom. The summed E-state index contributed by atoms with van der Waals surface area (Å²) in [5.74, 6) is 0.903. The molecule has 1 aliphatic heterocycles. The van der Waals surface area contributed by atoms with Gasteiger partial charge in [0.2, 0.25) is 0 Å². The minimum atomic E-state index is -0.0714. The second-order valence-corrected chi connectivity index (χ2v) is 6.74. The van der Waals surface area contributed by atoms with Crippen LogP contribution in [0.2, 0.25) is 0 Å². The zero-order valence-electron chi connectivity index (χ0n) is 15.6. The maximum Gasteiger partial charge on any atom is 0.251 e. The second-order valence-electron chi connectivity index (χ2n) is 6.74. The average molecular weight is 353 g/mol. The van der Waals surface area contributed by atoms with Gasteiger partial charge in [0.15, 0.2) is 0 Å². The largest absolute Gasteiger partial charge is 0.354 e. The van der Waals surface area contributed by atoms with Crippen molar-refractivity contribution in [3.63, 3.8) is 0 Å². The van der Waals surface area contributed by atoms with Crippen molar-refractivity contribution in [2.75, 3.05) is 38.1 Å². The van der Waals surface area contributed by atoms with E-state index in [9.17, 15) is 4.79 Å². The number of pyridine rings is 2. The van der Waals surface area contributed by atoms with E-state index in [0.29, 0.717) is 12.1 Å². The summed E-state index contributed by atoms with van der Waals surface area (Å²) in [7, 11) is 2.14. The van der Waals surface area contributed by atoms with Crippen LogP contribution >= 0.6 is 0 Å². The van der Waals surface area contributed by atoms with E-state index in [4.69, 9.17) is 0 Å². The van der Waals surface area contributed by atoms with Crippen molar-refractivity contribution in [1.29, 1.82) is 0 Å². The molecule has 0 unspecified atom stereocenters. The van der Waals surface area contributed by atoms with Crippen molar-refractivity contribution in [2.24, 2.45) is 0 Å². The number of hydrogen-bond donors (Lipinski definition) is 1. The van der Waals surface area contributed by atoms with Crippen LogP contribution in [0.3, 0.4) is 0 Å². The number of rotatable bonds is 6. The Kier molecular flexibility index (Phi) is 6.17. The van der Waals surface area contributed by atoms with Crippen molar-refractivity contribution in [1.82, 2.24) is 20.2 Å². The Morgan fingerprint density at radius 3 is 2.73 bits per heavy atom. The summed E-state index contributed by atoms with van der Waals surface area (Å²) in [6, 6.07) is 7.60. The molecule has 0 spiro atoms. The van der Waals surface area contributed by atoms with Gasteiger partial charge < -0.3 is 15.1 Å². The second kappa shape index (κ2) is 8.76. The summed E-state index contributed by atoms with van der Waals surface area (Å²) in [5.41, 5.74) is 2.67. The normalized spacial score (nSPS) is 15.1. The molecule has 0 atom stereocenters. The number of nitrogens with zero attached hydrogens (tertiary/aromatic N) is 4. The molecule has 2 aromatic heterocycles. The molecule has 1 saturated heterocycles. The lowest BCUT2D eigenvalue weighted by atomic mass is 10.1. The minimum Gasteiger partial charge on any atom is -0.354 e. The van der Waals surface area contributed by atoms with Crippen molar-refractivity contribution in [3.8, 4) is 0 Å². The van der Waals surface area contributed by atoms with Gasteiger partial charge in [-0.3, -0.25) is 9.78 Å². The Labute approximate surface area is 155 Å². The number of likely N-dealkylation sites (N-methyl/N-ethyl adjacent to an activating group) is 1. The van der Waals surface area contributed by atoms with E-state index in [1.807, 2.05) is 24.4 Å². The number of piperazine rings is 1. The highest BCUT2D eigenvalue weighted by Gasteiger charge is 2.18. The highest BCUT2D eigenvalue weighted by atomic mass is 16.1. The van der Waals surface area contributed by atoms with Gasteiger partial charge in [-0.05, 0) is 31.7 Å². The van der Waals surface area contributed by atoms with Crippen LogP contribution in [0.5, 0.6) is 0 Å². The van der Waals surface area contributed by atoms with E-state index in [1.54, 1.807) is 12.3 Å². The first kappa shape index (κ1) is 18.3. The summed E-state index contributed by atoms with van der Waals surface area (Å²) in [6.45, 7) is 6.55. The summed E-state index contributed by atoms with van der Waals surface area (Å²) < 4.78 is 0. The molecule has 138 valence electrons. The number of carbonyl (C=O) groups excluding carboxylic acids is 1. The van der Waals surface area contributed by atoms with E-state index in [0.717, 1.165) is 56.1 Å². The third-order valence-corrected chi connectivity index (χ3v) is 4.69. The van der Waals surface area contributed by atoms with Gasteiger partial charge in [0.25, 0.3) is 5.91 Å². The van der Waals surface area contributed by atoms with Gasteiger partial charge in [-0.25, -0.2) is 4.98 Å². The number of anilines is 1. The van der Waals surface area contributed by atoms with Gasteiger partial charge in [0.05, 0.1) is 0 Å². The summed E-state index contributed by atoms with van der Waals surface area (Å²) in [4.78, 5) is 26.0. The number of hydrogen-bond acceptors (Lipinski definition) is 5. The van der Waals surface area contributed by atoms with E-state index in [-0.39, 0.29) is 5.91 Å².